The summed E-state index contributed by atoms with van der Waals surface area (Å²) in [6.07, 6.45) is 0. The molecule has 0 aliphatic rings. The molecule has 3 rings (SSSR count). The maximum absolute atomic E-state index is 13.0. The minimum atomic E-state index is -0.642. The van der Waals surface area contributed by atoms with Gasteiger partial charge >= 0.3 is 5.97 Å². The first-order chi connectivity index (χ1) is 13.6. The fourth-order valence-electron chi connectivity index (χ4n) is 2.79. The molecule has 0 saturated heterocycles. The predicted molar refractivity (Wildman–Crippen MR) is 105 cm³/mol. The fraction of sp³-hybridized carbons (Fsp3) is 0.182. The molecule has 0 saturated carbocycles. The highest BCUT2D eigenvalue weighted by Crippen LogP contribution is 2.20. The topological polar surface area (TPSA) is 55.8 Å². The second-order valence-corrected chi connectivity index (χ2v) is 6.07. The Kier molecular flexibility index (Phi) is 6.22. The quantitative estimate of drug-likeness (QED) is 0.582. The van der Waals surface area contributed by atoms with Crippen molar-refractivity contribution in [3.63, 3.8) is 0 Å². The van der Waals surface area contributed by atoms with Crippen molar-refractivity contribution < 1.29 is 23.5 Å². The van der Waals surface area contributed by atoms with Crippen LogP contribution < -0.4 is 9.64 Å². The Balaban J connectivity index is 1.51. The SMILES string of the molecule is CCN(C(=O)COC(=O)COc1ccc2ccccc2c1)c1ccc(F)cc1. The van der Waals surface area contributed by atoms with Crippen LogP contribution in [-0.4, -0.2) is 31.6 Å². The summed E-state index contributed by atoms with van der Waals surface area (Å²) in [4.78, 5) is 25.6. The van der Waals surface area contributed by atoms with E-state index in [9.17, 15) is 14.0 Å². The molecule has 144 valence electrons. The lowest BCUT2D eigenvalue weighted by molar-refractivity contribution is -0.149. The van der Waals surface area contributed by atoms with E-state index in [2.05, 4.69) is 0 Å². The van der Waals surface area contributed by atoms with E-state index in [0.29, 0.717) is 18.0 Å². The van der Waals surface area contributed by atoms with Crippen LogP contribution in [0.4, 0.5) is 10.1 Å². The predicted octanol–water partition coefficient (Wildman–Crippen LogP) is 3.95. The number of rotatable bonds is 7. The number of ether oxygens (including phenoxy) is 2. The van der Waals surface area contributed by atoms with Gasteiger partial charge in [0.05, 0.1) is 0 Å². The molecule has 1 amide bonds. The molecule has 0 aliphatic carbocycles. The second kappa shape index (κ2) is 8.99. The van der Waals surface area contributed by atoms with Gasteiger partial charge in [-0.25, -0.2) is 9.18 Å². The average molecular weight is 381 g/mol. The molecule has 5 nitrogen and oxygen atoms in total. The molecule has 28 heavy (non-hydrogen) atoms. The first-order valence-electron chi connectivity index (χ1n) is 8.90. The van der Waals surface area contributed by atoms with Gasteiger partial charge in [-0.3, -0.25) is 4.79 Å². The number of amides is 1. The Hall–Kier alpha value is -3.41. The van der Waals surface area contributed by atoms with Gasteiger partial charge in [-0.2, -0.15) is 0 Å². The highest BCUT2D eigenvalue weighted by atomic mass is 19.1. The molecule has 0 fully saturated rings. The number of likely N-dealkylation sites (N-methyl/N-ethyl adjacent to an activating group) is 1. The number of esters is 1. The normalized spacial score (nSPS) is 10.5. The van der Waals surface area contributed by atoms with Gasteiger partial charge in [0.25, 0.3) is 5.91 Å². The summed E-state index contributed by atoms with van der Waals surface area (Å²) in [5.74, 6) is -0.877. The Morgan fingerprint density at radius 2 is 1.64 bits per heavy atom. The fourth-order valence-corrected chi connectivity index (χ4v) is 2.79. The van der Waals surface area contributed by atoms with Crippen molar-refractivity contribution in [3.05, 3.63) is 72.5 Å². The molecule has 3 aromatic carbocycles. The van der Waals surface area contributed by atoms with Crippen LogP contribution in [0, 0.1) is 5.82 Å². The van der Waals surface area contributed by atoms with Crippen molar-refractivity contribution in [2.24, 2.45) is 0 Å². The van der Waals surface area contributed by atoms with Crippen molar-refractivity contribution in [1.29, 1.82) is 0 Å². The van der Waals surface area contributed by atoms with E-state index in [1.165, 1.54) is 29.2 Å². The summed E-state index contributed by atoms with van der Waals surface area (Å²) >= 11 is 0. The van der Waals surface area contributed by atoms with E-state index < -0.39 is 18.5 Å². The summed E-state index contributed by atoms with van der Waals surface area (Å²) in [5.41, 5.74) is 0.539. The van der Waals surface area contributed by atoms with Crippen LogP contribution in [0.25, 0.3) is 10.8 Å². The minimum Gasteiger partial charge on any atom is -0.482 e. The van der Waals surface area contributed by atoms with Crippen LogP contribution in [-0.2, 0) is 14.3 Å². The van der Waals surface area contributed by atoms with E-state index in [0.717, 1.165) is 10.8 Å². The Labute approximate surface area is 162 Å². The number of halogens is 1. The third-order valence-corrected chi connectivity index (χ3v) is 4.19. The zero-order valence-electron chi connectivity index (χ0n) is 15.4. The zero-order valence-corrected chi connectivity index (χ0v) is 15.4. The van der Waals surface area contributed by atoms with Gasteiger partial charge in [-0.1, -0.05) is 30.3 Å². The maximum atomic E-state index is 13.0. The summed E-state index contributed by atoms with van der Waals surface area (Å²) < 4.78 is 23.5. The molecule has 0 N–H and O–H groups in total. The Bertz CT molecular complexity index is 972. The molecular formula is C22H20FNO4. The van der Waals surface area contributed by atoms with Crippen molar-refractivity contribution in [2.75, 3.05) is 24.7 Å². The van der Waals surface area contributed by atoms with Crippen LogP contribution in [0.3, 0.4) is 0 Å². The van der Waals surface area contributed by atoms with Crippen LogP contribution in [0.15, 0.2) is 66.7 Å². The zero-order chi connectivity index (χ0) is 19.9. The van der Waals surface area contributed by atoms with Gasteiger partial charge in [0.1, 0.15) is 11.6 Å². The monoisotopic (exact) mass is 381 g/mol. The largest absolute Gasteiger partial charge is 0.482 e. The molecule has 0 atom stereocenters. The Morgan fingerprint density at radius 1 is 0.929 bits per heavy atom. The smallest absolute Gasteiger partial charge is 0.344 e. The number of benzene rings is 3. The number of hydrogen-bond donors (Lipinski definition) is 0. The van der Waals surface area contributed by atoms with Crippen molar-refractivity contribution in [1.82, 2.24) is 0 Å². The highest BCUT2D eigenvalue weighted by molar-refractivity contribution is 5.95. The van der Waals surface area contributed by atoms with Crippen LogP contribution in [0.2, 0.25) is 0 Å². The summed E-state index contributed by atoms with van der Waals surface area (Å²) in [5, 5.41) is 2.07. The van der Waals surface area contributed by atoms with E-state index in [1.54, 1.807) is 13.0 Å². The molecule has 3 aromatic rings. The molecule has 0 unspecified atom stereocenters. The van der Waals surface area contributed by atoms with E-state index in [-0.39, 0.29) is 12.4 Å². The third kappa shape index (κ3) is 4.85. The van der Waals surface area contributed by atoms with Gasteiger partial charge in [-0.05, 0) is 54.1 Å². The lowest BCUT2D eigenvalue weighted by Crippen LogP contribution is -2.35. The number of hydrogen-bond acceptors (Lipinski definition) is 4. The van der Waals surface area contributed by atoms with Crippen molar-refractivity contribution in [3.8, 4) is 5.75 Å². The van der Waals surface area contributed by atoms with Gasteiger partial charge in [0, 0.05) is 12.2 Å². The first kappa shape index (κ1) is 19.4. The summed E-state index contributed by atoms with van der Waals surface area (Å²) in [6, 6.07) is 18.9. The minimum absolute atomic E-state index is 0.297. The van der Waals surface area contributed by atoms with Gasteiger partial charge in [0.15, 0.2) is 13.2 Å². The van der Waals surface area contributed by atoms with Crippen LogP contribution in [0.1, 0.15) is 6.92 Å². The number of carbonyl (C=O) groups excluding carboxylic acids is 2. The van der Waals surface area contributed by atoms with E-state index in [1.807, 2.05) is 36.4 Å². The summed E-state index contributed by atoms with van der Waals surface area (Å²) in [7, 11) is 0. The van der Waals surface area contributed by atoms with Crippen LogP contribution >= 0.6 is 0 Å². The lowest BCUT2D eigenvalue weighted by Gasteiger charge is -2.20. The lowest BCUT2D eigenvalue weighted by atomic mass is 10.1. The number of fused-ring (bicyclic) bond motifs is 1. The number of nitrogens with zero attached hydrogens (tertiary/aromatic N) is 1. The van der Waals surface area contributed by atoms with Crippen LogP contribution in [0.5, 0.6) is 5.75 Å². The molecule has 0 radical (unpaired) electrons. The third-order valence-electron chi connectivity index (χ3n) is 4.19. The highest BCUT2D eigenvalue weighted by Gasteiger charge is 2.16. The van der Waals surface area contributed by atoms with E-state index >= 15 is 0 Å². The number of anilines is 1. The maximum Gasteiger partial charge on any atom is 0.344 e. The van der Waals surface area contributed by atoms with E-state index in [4.69, 9.17) is 9.47 Å². The Morgan fingerprint density at radius 3 is 2.36 bits per heavy atom. The molecule has 0 bridgehead atoms. The first-order valence-corrected chi connectivity index (χ1v) is 8.90. The molecule has 0 heterocycles. The second-order valence-electron chi connectivity index (χ2n) is 6.07. The van der Waals surface area contributed by atoms with Crippen molar-refractivity contribution >= 4 is 28.3 Å². The van der Waals surface area contributed by atoms with Gasteiger partial charge < -0.3 is 14.4 Å². The molecule has 6 heteroatoms. The molecular weight excluding hydrogens is 361 g/mol. The molecule has 0 aromatic heterocycles. The average Bonchev–Trinajstić information content (AvgIpc) is 2.72. The molecule has 0 spiro atoms. The van der Waals surface area contributed by atoms with Crippen molar-refractivity contribution in [2.45, 2.75) is 6.92 Å². The standard InChI is InChI=1S/C22H20FNO4/c1-2-24(19-10-8-18(23)9-11-19)21(25)14-28-22(26)15-27-20-12-7-16-5-3-4-6-17(16)13-20/h3-13H,2,14-15H2,1H3. The number of carbonyl (C=O) groups is 2. The van der Waals surface area contributed by atoms with Gasteiger partial charge in [0.2, 0.25) is 0 Å². The summed E-state index contributed by atoms with van der Waals surface area (Å²) in [6.45, 7) is 1.45. The van der Waals surface area contributed by atoms with Gasteiger partial charge in [-0.15, -0.1) is 0 Å². The molecule has 0 aliphatic heterocycles.